The smallest absolute Gasteiger partial charge is 0.224 e. The highest BCUT2D eigenvalue weighted by molar-refractivity contribution is 5.79. The predicted octanol–water partition coefficient (Wildman–Crippen LogP) is 1.75. The molecular weight excluding hydrogens is 244 g/mol. The first-order chi connectivity index (χ1) is 8.73. The molecule has 1 unspecified atom stereocenters. The summed E-state index contributed by atoms with van der Waals surface area (Å²) in [7, 11) is 0. The van der Waals surface area contributed by atoms with E-state index in [0.29, 0.717) is 5.76 Å². The lowest BCUT2D eigenvalue weighted by Crippen LogP contribution is -2.40. The minimum Gasteiger partial charge on any atom is -0.394 e. The van der Waals surface area contributed by atoms with Crippen molar-refractivity contribution in [3.63, 3.8) is 0 Å². The first-order valence-corrected chi connectivity index (χ1v) is 6.55. The van der Waals surface area contributed by atoms with Crippen LogP contribution in [0.3, 0.4) is 0 Å². The summed E-state index contributed by atoms with van der Waals surface area (Å²) in [6, 6.07) is -0.215. The lowest BCUT2D eigenvalue weighted by atomic mass is 9.88. The summed E-state index contributed by atoms with van der Waals surface area (Å²) in [5.74, 6) is 0.557. The Hall–Kier alpha value is -1.36. The minimum atomic E-state index is -0.215. The van der Waals surface area contributed by atoms with Gasteiger partial charge in [-0.1, -0.05) is 25.9 Å². The van der Waals surface area contributed by atoms with Crippen molar-refractivity contribution in [3.8, 4) is 0 Å². The van der Waals surface area contributed by atoms with Gasteiger partial charge >= 0.3 is 0 Å². The fraction of sp³-hybridized carbons (Fsp3) is 0.714. The number of amides is 1. The zero-order valence-electron chi connectivity index (χ0n) is 12.4. The molecule has 1 aromatic rings. The van der Waals surface area contributed by atoms with Crippen molar-refractivity contribution in [2.24, 2.45) is 5.41 Å². The van der Waals surface area contributed by atoms with E-state index in [4.69, 9.17) is 4.52 Å². The number of rotatable bonds is 5. The predicted molar refractivity (Wildman–Crippen MR) is 72.8 cm³/mol. The minimum absolute atomic E-state index is 0.0510. The Morgan fingerprint density at radius 3 is 2.47 bits per heavy atom. The van der Waals surface area contributed by atoms with Crippen LogP contribution in [-0.2, 0) is 11.2 Å². The van der Waals surface area contributed by atoms with Gasteiger partial charge < -0.3 is 14.9 Å². The Labute approximate surface area is 114 Å². The van der Waals surface area contributed by atoms with Gasteiger partial charge in [0, 0.05) is 5.56 Å². The van der Waals surface area contributed by atoms with Crippen molar-refractivity contribution in [3.05, 3.63) is 17.0 Å². The van der Waals surface area contributed by atoms with E-state index >= 15 is 0 Å². The summed E-state index contributed by atoms with van der Waals surface area (Å²) in [6.45, 7) is 9.80. The van der Waals surface area contributed by atoms with Crippen LogP contribution in [0.15, 0.2) is 4.52 Å². The summed E-state index contributed by atoms with van der Waals surface area (Å²) in [6.07, 6.45) is 0.971. The molecule has 5 heteroatoms. The fourth-order valence-corrected chi connectivity index (χ4v) is 2.09. The lowest BCUT2D eigenvalue weighted by Gasteiger charge is -2.25. The van der Waals surface area contributed by atoms with Gasteiger partial charge in [-0.3, -0.25) is 4.79 Å². The second kappa shape index (κ2) is 6.19. The third-order valence-corrected chi connectivity index (χ3v) is 2.96. The second-order valence-electron chi connectivity index (χ2n) is 6.19. The van der Waals surface area contributed by atoms with Gasteiger partial charge in [-0.05, 0) is 25.7 Å². The Bertz CT molecular complexity index is 413. The van der Waals surface area contributed by atoms with Gasteiger partial charge in [-0.25, -0.2) is 0 Å². The van der Waals surface area contributed by atoms with Crippen molar-refractivity contribution in [1.82, 2.24) is 10.5 Å². The SMILES string of the molecule is Cc1noc(C)c1CC(=O)NC(CO)CC(C)(C)C. The fourth-order valence-electron chi connectivity index (χ4n) is 2.09. The number of nitrogens with zero attached hydrogens (tertiary/aromatic N) is 1. The van der Waals surface area contributed by atoms with Gasteiger partial charge in [0.1, 0.15) is 5.76 Å². The summed E-state index contributed by atoms with van der Waals surface area (Å²) in [5, 5.41) is 16.0. The van der Waals surface area contributed by atoms with Crippen molar-refractivity contribution >= 4 is 5.91 Å². The monoisotopic (exact) mass is 268 g/mol. The van der Waals surface area contributed by atoms with E-state index in [2.05, 4.69) is 31.2 Å². The largest absolute Gasteiger partial charge is 0.394 e. The van der Waals surface area contributed by atoms with Crippen LogP contribution in [0.25, 0.3) is 0 Å². The molecule has 2 N–H and O–H groups in total. The maximum absolute atomic E-state index is 12.0. The highest BCUT2D eigenvalue weighted by atomic mass is 16.5. The summed E-state index contributed by atoms with van der Waals surface area (Å²) >= 11 is 0. The van der Waals surface area contributed by atoms with Crippen LogP contribution in [0.1, 0.15) is 44.2 Å². The summed E-state index contributed by atoms with van der Waals surface area (Å²) in [4.78, 5) is 12.0. The van der Waals surface area contributed by atoms with Crippen molar-refractivity contribution < 1.29 is 14.4 Å². The molecule has 1 aromatic heterocycles. The number of aromatic nitrogens is 1. The number of nitrogens with one attached hydrogen (secondary N) is 1. The van der Waals surface area contributed by atoms with Gasteiger partial charge in [-0.15, -0.1) is 0 Å². The molecule has 5 nitrogen and oxygen atoms in total. The zero-order chi connectivity index (χ0) is 14.6. The standard InChI is InChI=1S/C14H24N2O3/c1-9-12(10(2)19-16-9)6-13(18)15-11(8-17)7-14(3,4)5/h11,17H,6-8H2,1-5H3,(H,15,18). The Morgan fingerprint density at radius 2 is 2.05 bits per heavy atom. The average Bonchev–Trinajstić information content (AvgIpc) is 2.58. The topological polar surface area (TPSA) is 75.4 Å². The average molecular weight is 268 g/mol. The first kappa shape index (κ1) is 15.7. The number of aliphatic hydroxyl groups excluding tert-OH is 1. The number of carbonyl (C=O) groups excluding carboxylic acids is 1. The van der Waals surface area contributed by atoms with Crippen LogP contribution in [0.2, 0.25) is 0 Å². The van der Waals surface area contributed by atoms with Gasteiger partial charge in [0.2, 0.25) is 5.91 Å². The lowest BCUT2D eigenvalue weighted by molar-refractivity contribution is -0.121. The molecule has 0 saturated heterocycles. The molecular formula is C14H24N2O3. The molecule has 1 rings (SSSR count). The summed E-state index contributed by atoms with van der Waals surface area (Å²) < 4.78 is 5.03. The van der Waals surface area contributed by atoms with Crippen LogP contribution >= 0.6 is 0 Å². The maximum atomic E-state index is 12.0. The molecule has 0 aliphatic heterocycles. The highest BCUT2D eigenvalue weighted by Gasteiger charge is 2.21. The molecule has 0 aliphatic rings. The van der Waals surface area contributed by atoms with Crippen molar-refractivity contribution in [2.75, 3.05) is 6.61 Å². The van der Waals surface area contributed by atoms with E-state index < -0.39 is 0 Å². The van der Waals surface area contributed by atoms with E-state index in [1.165, 1.54) is 0 Å². The maximum Gasteiger partial charge on any atom is 0.224 e. The molecule has 0 radical (unpaired) electrons. The molecule has 1 atom stereocenters. The third-order valence-electron chi connectivity index (χ3n) is 2.96. The van der Waals surface area contributed by atoms with Crippen LogP contribution < -0.4 is 5.32 Å². The molecule has 19 heavy (non-hydrogen) atoms. The molecule has 108 valence electrons. The normalized spacial score (nSPS) is 13.4. The molecule has 0 aromatic carbocycles. The van der Waals surface area contributed by atoms with Crippen molar-refractivity contribution in [2.45, 2.75) is 53.5 Å². The van der Waals surface area contributed by atoms with Crippen LogP contribution in [0.4, 0.5) is 0 Å². The van der Waals surface area contributed by atoms with Crippen LogP contribution in [0, 0.1) is 19.3 Å². The van der Waals surface area contributed by atoms with Gasteiger partial charge in [0.05, 0.1) is 24.8 Å². The molecule has 0 bridgehead atoms. The number of hydrogen-bond donors (Lipinski definition) is 2. The Balaban J connectivity index is 2.59. The molecule has 1 amide bonds. The number of hydrogen-bond acceptors (Lipinski definition) is 4. The van der Waals surface area contributed by atoms with Gasteiger partial charge in [0.15, 0.2) is 0 Å². The second-order valence-corrected chi connectivity index (χ2v) is 6.19. The van der Waals surface area contributed by atoms with E-state index in [0.717, 1.165) is 17.7 Å². The Kier molecular flexibility index (Phi) is 5.11. The quantitative estimate of drug-likeness (QED) is 0.853. The van der Waals surface area contributed by atoms with Gasteiger partial charge in [0.25, 0.3) is 0 Å². The number of carbonyl (C=O) groups is 1. The van der Waals surface area contributed by atoms with E-state index in [9.17, 15) is 9.90 Å². The van der Waals surface area contributed by atoms with Crippen LogP contribution in [0.5, 0.6) is 0 Å². The Morgan fingerprint density at radius 1 is 1.42 bits per heavy atom. The van der Waals surface area contributed by atoms with E-state index in [-0.39, 0.29) is 30.4 Å². The van der Waals surface area contributed by atoms with Crippen LogP contribution in [-0.4, -0.2) is 28.8 Å². The summed E-state index contributed by atoms with van der Waals surface area (Å²) in [5.41, 5.74) is 1.62. The number of aryl methyl sites for hydroxylation is 2. The first-order valence-electron chi connectivity index (χ1n) is 6.55. The van der Waals surface area contributed by atoms with Gasteiger partial charge in [-0.2, -0.15) is 0 Å². The molecule has 0 spiro atoms. The van der Waals surface area contributed by atoms with E-state index in [1.54, 1.807) is 6.92 Å². The highest BCUT2D eigenvalue weighted by Crippen LogP contribution is 2.20. The van der Waals surface area contributed by atoms with Crippen molar-refractivity contribution in [1.29, 1.82) is 0 Å². The molecule has 0 saturated carbocycles. The zero-order valence-corrected chi connectivity index (χ0v) is 12.4. The molecule has 0 aliphatic carbocycles. The molecule has 1 heterocycles. The van der Waals surface area contributed by atoms with E-state index in [1.807, 2.05) is 6.92 Å². The number of aliphatic hydroxyl groups is 1. The third kappa shape index (κ3) is 5.03. The molecule has 0 fully saturated rings.